The number of hydrogen-bond donors (Lipinski definition) is 2. The zero-order valence-corrected chi connectivity index (χ0v) is 11.9. The minimum absolute atomic E-state index is 0.00767. The van der Waals surface area contributed by atoms with Gasteiger partial charge in [0, 0.05) is 24.4 Å². The number of aromatic nitrogens is 2. The highest BCUT2D eigenvalue weighted by molar-refractivity contribution is 7.99. The Hall–Kier alpha value is -1.18. The fourth-order valence-electron chi connectivity index (χ4n) is 1.97. The molecule has 1 atom stereocenters. The van der Waals surface area contributed by atoms with Gasteiger partial charge in [-0.05, 0) is 25.5 Å². The monoisotopic (exact) mass is 306 g/mol. The van der Waals surface area contributed by atoms with Crippen LogP contribution in [0, 0.1) is 0 Å². The highest BCUT2D eigenvalue weighted by Gasteiger charge is 2.34. The summed E-state index contributed by atoms with van der Waals surface area (Å²) in [5, 5.41) is 5.81. The second-order valence-corrected chi connectivity index (χ2v) is 5.70. The molecule has 0 bridgehead atoms. The smallest absolute Gasteiger partial charge is 0.366 e. The molecule has 2 heterocycles. The van der Waals surface area contributed by atoms with Crippen molar-refractivity contribution in [2.24, 2.45) is 0 Å². The van der Waals surface area contributed by atoms with Gasteiger partial charge in [-0.1, -0.05) is 0 Å². The fraction of sp³-hybridized carbons (Fsp3) is 0.667. The van der Waals surface area contributed by atoms with E-state index in [9.17, 15) is 13.2 Å². The van der Waals surface area contributed by atoms with Crippen LogP contribution < -0.4 is 10.6 Å². The van der Waals surface area contributed by atoms with E-state index in [2.05, 4.69) is 20.6 Å². The minimum atomic E-state index is -4.47. The second-order valence-electron chi connectivity index (χ2n) is 4.55. The van der Waals surface area contributed by atoms with Gasteiger partial charge in [0.1, 0.15) is 5.82 Å². The quantitative estimate of drug-likeness (QED) is 0.894. The van der Waals surface area contributed by atoms with E-state index >= 15 is 0 Å². The average molecular weight is 306 g/mol. The molecule has 2 rings (SSSR count). The summed E-state index contributed by atoms with van der Waals surface area (Å²) in [5.41, 5.74) is -0.922. The van der Waals surface area contributed by atoms with Gasteiger partial charge in [0.15, 0.2) is 5.69 Å². The Labute approximate surface area is 120 Å². The van der Waals surface area contributed by atoms with Gasteiger partial charge in [0.05, 0.1) is 0 Å². The molecule has 0 radical (unpaired) electrons. The molecule has 1 aromatic rings. The third-order valence-corrected chi connectivity index (χ3v) is 4.08. The normalized spacial score (nSPS) is 19.7. The summed E-state index contributed by atoms with van der Waals surface area (Å²) in [6, 6.07) is 1.14. The molecule has 1 aliphatic rings. The summed E-state index contributed by atoms with van der Waals surface area (Å²) in [6.45, 7) is 2.26. The summed E-state index contributed by atoms with van der Waals surface area (Å²) in [7, 11) is 0. The Kier molecular flexibility index (Phi) is 4.95. The minimum Gasteiger partial charge on any atom is -0.366 e. The predicted octanol–water partition coefficient (Wildman–Crippen LogP) is 3.23. The lowest BCUT2D eigenvalue weighted by atomic mass is 10.2. The summed E-state index contributed by atoms with van der Waals surface area (Å²) < 4.78 is 38.5. The maximum Gasteiger partial charge on any atom is 0.433 e. The van der Waals surface area contributed by atoms with E-state index in [1.807, 2.05) is 0 Å². The highest BCUT2D eigenvalue weighted by Crippen LogP contribution is 2.30. The van der Waals surface area contributed by atoms with E-state index in [0.29, 0.717) is 6.54 Å². The van der Waals surface area contributed by atoms with E-state index in [0.717, 1.165) is 30.4 Å². The maximum atomic E-state index is 12.8. The highest BCUT2D eigenvalue weighted by atomic mass is 32.2. The first kappa shape index (κ1) is 15.2. The van der Waals surface area contributed by atoms with Crippen molar-refractivity contribution in [1.82, 2.24) is 9.97 Å². The lowest BCUT2D eigenvalue weighted by Crippen LogP contribution is -2.27. The van der Waals surface area contributed by atoms with Crippen LogP contribution in [0.2, 0.25) is 0 Å². The number of rotatable bonds is 4. The number of hydrogen-bond acceptors (Lipinski definition) is 5. The van der Waals surface area contributed by atoms with Gasteiger partial charge >= 0.3 is 6.18 Å². The summed E-state index contributed by atoms with van der Waals surface area (Å²) in [6.07, 6.45) is -2.45. The molecule has 2 N–H and O–H groups in total. The molecule has 0 amide bonds. The first-order valence-corrected chi connectivity index (χ1v) is 7.69. The fourth-order valence-corrected chi connectivity index (χ4v) is 3.04. The van der Waals surface area contributed by atoms with Gasteiger partial charge in [0.25, 0.3) is 0 Å². The number of nitrogens with one attached hydrogen (secondary N) is 2. The summed E-state index contributed by atoms with van der Waals surface area (Å²) >= 11 is 1.80. The van der Waals surface area contributed by atoms with Crippen molar-refractivity contribution < 1.29 is 13.2 Å². The van der Waals surface area contributed by atoms with Crippen molar-refractivity contribution in [2.45, 2.75) is 32.0 Å². The molecule has 4 nitrogen and oxygen atoms in total. The van der Waals surface area contributed by atoms with Crippen LogP contribution in [0.1, 0.15) is 25.5 Å². The van der Waals surface area contributed by atoms with Gasteiger partial charge in [-0.2, -0.15) is 29.9 Å². The number of anilines is 2. The van der Waals surface area contributed by atoms with Gasteiger partial charge in [-0.3, -0.25) is 0 Å². The summed E-state index contributed by atoms with van der Waals surface area (Å²) in [4.78, 5) is 7.58. The Morgan fingerprint density at radius 2 is 2.20 bits per heavy atom. The molecule has 1 aliphatic heterocycles. The zero-order chi connectivity index (χ0) is 14.6. The van der Waals surface area contributed by atoms with Gasteiger partial charge < -0.3 is 10.6 Å². The molecule has 0 aromatic carbocycles. The number of alkyl halides is 3. The van der Waals surface area contributed by atoms with E-state index < -0.39 is 11.9 Å². The van der Waals surface area contributed by atoms with E-state index in [1.54, 1.807) is 18.7 Å². The molecular weight excluding hydrogens is 289 g/mol. The van der Waals surface area contributed by atoms with Crippen molar-refractivity contribution in [2.75, 3.05) is 28.7 Å². The lowest BCUT2D eigenvalue weighted by Gasteiger charge is -2.23. The largest absolute Gasteiger partial charge is 0.433 e. The van der Waals surface area contributed by atoms with Crippen molar-refractivity contribution in [3.8, 4) is 0 Å². The average Bonchev–Trinajstić information content (AvgIpc) is 2.39. The molecule has 8 heteroatoms. The van der Waals surface area contributed by atoms with Crippen molar-refractivity contribution in [3.05, 3.63) is 11.8 Å². The molecule has 1 fully saturated rings. The Bertz CT molecular complexity index is 447. The molecule has 1 saturated heterocycles. The van der Waals surface area contributed by atoms with Gasteiger partial charge in [-0.15, -0.1) is 0 Å². The van der Waals surface area contributed by atoms with Gasteiger partial charge in [0.2, 0.25) is 5.95 Å². The molecule has 112 valence electrons. The number of thioether (sulfide) groups is 1. The van der Waals surface area contributed by atoms with Crippen LogP contribution in [0.3, 0.4) is 0 Å². The Morgan fingerprint density at radius 3 is 2.80 bits per heavy atom. The standard InChI is InChI=1S/C12H17F3N4S/c1-2-16-11-18-9(12(13,14)15)6-10(19-11)17-8-4-3-5-20-7-8/h6,8H,2-5,7H2,1H3,(H2,16,17,18,19). The molecule has 1 unspecified atom stereocenters. The zero-order valence-electron chi connectivity index (χ0n) is 11.1. The Morgan fingerprint density at radius 1 is 1.40 bits per heavy atom. The van der Waals surface area contributed by atoms with Gasteiger partial charge in [-0.25, -0.2) is 4.98 Å². The lowest BCUT2D eigenvalue weighted by molar-refractivity contribution is -0.141. The topological polar surface area (TPSA) is 49.8 Å². The van der Waals surface area contributed by atoms with Crippen molar-refractivity contribution in [3.63, 3.8) is 0 Å². The van der Waals surface area contributed by atoms with Crippen LogP contribution in [-0.4, -0.2) is 34.1 Å². The Balaban J connectivity index is 2.19. The van der Waals surface area contributed by atoms with Crippen LogP contribution in [-0.2, 0) is 6.18 Å². The van der Waals surface area contributed by atoms with Crippen molar-refractivity contribution >= 4 is 23.5 Å². The van der Waals surface area contributed by atoms with Crippen LogP contribution >= 0.6 is 11.8 Å². The van der Waals surface area contributed by atoms with E-state index in [-0.39, 0.29) is 17.8 Å². The molecule has 0 spiro atoms. The van der Waals surface area contributed by atoms with Crippen LogP contribution in [0.15, 0.2) is 6.07 Å². The molecule has 0 aliphatic carbocycles. The van der Waals surface area contributed by atoms with E-state index in [1.165, 1.54) is 0 Å². The molecule has 20 heavy (non-hydrogen) atoms. The van der Waals surface area contributed by atoms with Crippen LogP contribution in [0.25, 0.3) is 0 Å². The van der Waals surface area contributed by atoms with E-state index in [4.69, 9.17) is 0 Å². The first-order chi connectivity index (χ1) is 9.49. The summed E-state index contributed by atoms with van der Waals surface area (Å²) in [5.74, 6) is 2.24. The second kappa shape index (κ2) is 6.51. The predicted molar refractivity (Wildman–Crippen MR) is 75.2 cm³/mol. The van der Waals surface area contributed by atoms with Crippen LogP contribution in [0.4, 0.5) is 24.9 Å². The van der Waals surface area contributed by atoms with Crippen LogP contribution in [0.5, 0.6) is 0 Å². The molecular formula is C12H17F3N4S. The third kappa shape index (κ3) is 4.16. The first-order valence-electron chi connectivity index (χ1n) is 6.53. The maximum absolute atomic E-state index is 12.8. The number of nitrogens with zero attached hydrogens (tertiary/aromatic N) is 2. The van der Waals surface area contributed by atoms with Crippen molar-refractivity contribution in [1.29, 1.82) is 0 Å². The molecule has 0 saturated carbocycles. The third-order valence-electron chi connectivity index (χ3n) is 2.86. The SMILES string of the molecule is CCNc1nc(NC2CCCSC2)cc(C(F)(F)F)n1. The number of halogens is 3. The molecule has 1 aromatic heterocycles.